The van der Waals surface area contributed by atoms with Crippen molar-refractivity contribution in [3.05, 3.63) is 16.0 Å². The molecule has 0 bridgehead atoms. The van der Waals surface area contributed by atoms with Gasteiger partial charge in [0.15, 0.2) is 0 Å². The van der Waals surface area contributed by atoms with E-state index in [1.165, 1.54) is 6.33 Å². The van der Waals surface area contributed by atoms with Crippen LogP contribution in [0.15, 0.2) is 10.8 Å². The van der Waals surface area contributed by atoms with E-state index in [4.69, 9.17) is 11.6 Å². The average Bonchev–Trinajstić information content (AvgIpc) is 2.26. The van der Waals surface area contributed by atoms with E-state index in [2.05, 4.69) is 25.9 Å². The van der Waals surface area contributed by atoms with Crippen LogP contribution in [0.1, 0.15) is 0 Å². The van der Waals surface area contributed by atoms with Crippen LogP contribution in [-0.4, -0.2) is 47.5 Å². The van der Waals surface area contributed by atoms with Gasteiger partial charge in [-0.05, 0) is 15.9 Å². The van der Waals surface area contributed by atoms with Crippen LogP contribution < -0.4 is 4.90 Å². The van der Waals surface area contributed by atoms with Crippen molar-refractivity contribution in [2.24, 2.45) is 0 Å². The van der Waals surface area contributed by atoms with Crippen LogP contribution in [0, 0.1) is 0 Å². The fraction of sp³-hybridized carbons (Fsp3) is 0.444. The summed E-state index contributed by atoms with van der Waals surface area (Å²) in [5.41, 5.74) is 0. The van der Waals surface area contributed by atoms with Crippen molar-refractivity contribution in [3.63, 3.8) is 0 Å². The number of piperazine rings is 1. The molecule has 5 nitrogen and oxygen atoms in total. The molecule has 0 spiro atoms. The molecule has 1 fully saturated rings. The molecule has 1 saturated heterocycles. The van der Waals surface area contributed by atoms with E-state index in [9.17, 15) is 4.79 Å². The zero-order valence-electron chi connectivity index (χ0n) is 8.65. The van der Waals surface area contributed by atoms with Crippen LogP contribution in [0.4, 0.5) is 5.82 Å². The Morgan fingerprint density at radius 3 is 2.88 bits per heavy atom. The Balaban J connectivity index is 2.25. The number of amides is 1. The molecule has 2 heterocycles. The van der Waals surface area contributed by atoms with E-state index in [1.807, 2.05) is 4.90 Å². The van der Waals surface area contributed by atoms with Crippen molar-refractivity contribution < 1.29 is 4.79 Å². The van der Waals surface area contributed by atoms with Crippen molar-refractivity contribution in [3.8, 4) is 0 Å². The lowest BCUT2D eigenvalue weighted by atomic mass is 10.3. The third-order valence-electron chi connectivity index (χ3n) is 2.49. The highest BCUT2D eigenvalue weighted by molar-refractivity contribution is 9.10. The summed E-state index contributed by atoms with van der Waals surface area (Å²) in [6.07, 6.45) is 1.39. The second-order valence-corrected chi connectivity index (χ2v) is 4.69. The highest BCUT2D eigenvalue weighted by Gasteiger charge is 2.24. The quantitative estimate of drug-likeness (QED) is 0.731. The molecule has 1 aromatic heterocycles. The van der Waals surface area contributed by atoms with Gasteiger partial charge in [0, 0.05) is 20.1 Å². The van der Waals surface area contributed by atoms with E-state index < -0.39 is 0 Å². The number of carbonyl (C=O) groups is 1. The van der Waals surface area contributed by atoms with Crippen molar-refractivity contribution in [2.75, 3.05) is 31.6 Å². The monoisotopic (exact) mass is 304 g/mol. The summed E-state index contributed by atoms with van der Waals surface area (Å²) in [5, 5.41) is 0.358. The molecule has 1 aliphatic rings. The second-order valence-electron chi connectivity index (χ2n) is 3.54. The number of aromatic nitrogens is 2. The van der Waals surface area contributed by atoms with Gasteiger partial charge in [-0.3, -0.25) is 4.79 Å². The first-order valence-corrected chi connectivity index (χ1v) is 5.91. The number of rotatable bonds is 1. The summed E-state index contributed by atoms with van der Waals surface area (Å²) in [4.78, 5) is 23.1. The summed E-state index contributed by atoms with van der Waals surface area (Å²) < 4.78 is 0.633. The van der Waals surface area contributed by atoms with Crippen LogP contribution >= 0.6 is 27.5 Å². The SMILES string of the molecule is CN1CCN(c2ncnc(Cl)c2Br)CC1=O. The first-order valence-electron chi connectivity index (χ1n) is 4.74. The lowest BCUT2D eigenvalue weighted by Crippen LogP contribution is -2.49. The smallest absolute Gasteiger partial charge is 0.241 e. The third kappa shape index (κ3) is 2.12. The van der Waals surface area contributed by atoms with Gasteiger partial charge in [-0.25, -0.2) is 9.97 Å². The largest absolute Gasteiger partial charge is 0.344 e. The first-order chi connectivity index (χ1) is 7.59. The number of likely N-dealkylation sites (N-methyl/N-ethyl adjacent to an activating group) is 1. The number of nitrogens with zero attached hydrogens (tertiary/aromatic N) is 4. The third-order valence-corrected chi connectivity index (χ3v) is 3.73. The Morgan fingerprint density at radius 1 is 1.44 bits per heavy atom. The topological polar surface area (TPSA) is 49.3 Å². The summed E-state index contributed by atoms with van der Waals surface area (Å²) in [6.45, 7) is 1.75. The van der Waals surface area contributed by atoms with Crippen LogP contribution in [0.3, 0.4) is 0 Å². The predicted octanol–water partition coefficient (Wildman–Crippen LogP) is 1.17. The van der Waals surface area contributed by atoms with Gasteiger partial charge >= 0.3 is 0 Å². The van der Waals surface area contributed by atoms with Gasteiger partial charge < -0.3 is 9.80 Å². The molecule has 0 atom stereocenters. The zero-order valence-corrected chi connectivity index (χ0v) is 11.0. The van der Waals surface area contributed by atoms with Gasteiger partial charge in [-0.2, -0.15) is 0 Å². The van der Waals surface area contributed by atoms with Gasteiger partial charge in [0.2, 0.25) is 5.91 Å². The van der Waals surface area contributed by atoms with E-state index in [0.717, 1.165) is 6.54 Å². The predicted molar refractivity (Wildman–Crippen MR) is 64.6 cm³/mol. The fourth-order valence-corrected chi connectivity index (χ4v) is 2.08. The molecule has 7 heteroatoms. The van der Waals surface area contributed by atoms with Crippen molar-refractivity contribution >= 4 is 39.3 Å². The second kappa shape index (κ2) is 4.55. The summed E-state index contributed by atoms with van der Waals surface area (Å²) in [6, 6.07) is 0. The molecule has 0 unspecified atom stereocenters. The van der Waals surface area contributed by atoms with Crippen LogP contribution in [-0.2, 0) is 4.79 Å². The molecule has 1 amide bonds. The maximum atomic E-state index is 11.6. The first kappa shape index (κ1) is 11.6. The summed E-state index contributed by atoms with van der Waals surface area (Å²) in [7, 11) is 1.79. The number of carbonyl (C=O) groups excluding carboxylic acids is 1. The maximum Gasteiger partial charge on any atom is 0.241 e. The molecular weight excluding hydrogens is 295 g/mol. The van der Waals surface area contributed by atoms with Gasteiger partial charge in [0.1, 0.15) is 17.3 Å². The molecule has 0 radical (unpaired) electrons. The summed E-state index contributed by atoms with van der Waals surface area (Å²) >= 11 is 9.21. The molecule has 2 rings (SSSR count). The minimum atomic E-state index is 0.0767. The van der Waals surface area contributed by atoms with Gasteiger partial charge in [-0.1, -0.05) is 11.6 Å². The van der Waals surface area contributed by atoms with Crippen LogP contribution in [0.25, 0.3) is 0 Å². The molecule has 0 saturated carbocycles. The van der Waals surface area contributed by atoms with Crippen molar-refractivity contribution in [1.82, 2.24) is 14.9 Å². The van der Waals surface area contributed by atoms with Gasteiger partial charge in [-0.15, -0.1) is 0 Å². The molecule has 1 aliphatic heterocycles. The van der Waals surface area contributed by atoms with Crippen molar-refractivity contribution in [2.45, 2.75) is 0 Å². The van der Waals surface area contributed by atoms with E-state index in [-0.39, 0.29) is 5.91 Å². The minimum Gasteiger partial charge on any atom is -0.344 e. The lowest BCUT2D eigenvalue weighted by Gasteiger charge is -2.33. The van der Waals surface area contributed by atoms with Crippen LogP contribution in [0.5, 0.6) is 0 Å². The van der Waals surface area contributed by atoms with E-state index in [1.54, 1.807) is 11.9 Å². The van der Waals surface area contributed by atoms with Gasteiger partial charge in [0.25, 0.3) is 0 Å². The number of anilines is 1. The Hall–Kier alpha value is -0.880. The standard InChI is InChI=1S/C9H10BrClN4O/c1-14-2-3-15(4-6(14)16)9-7(10)8(11)12-5-13-9/h5H,2-4H2,1H3. The number of hydrogen-bond donors (Lipinski definition) is 0. The normalized spacial score (nSPS) is 16.8. The van der Waals surface area contributed by atoms with Gasteiger partial charge in [0.05, 0.1) is 11.0 Å². The molecule has 1 aromatic rings. The molecule has 0 aliphatic carbocycles. The average molecular weight is 306 g/mol. The lowest BCUT2D eigenvalue weighted by molar-refractivity contribution is -0.129. The highest BCUT2D eigenvalue weighted by atomic mass is 79.9. The van der Waals surface area contributed by atoms with E-state index in [0.29, 0.717) is 28.5 Å². The number of halogens is 2. The summed E-state index contributed by atoms with van der Waals surface area (Å²) in [5.74, 6) is 0.745. The molecule has 16 heavy (non-hydrogen) atoms. The Morgan fingerprint density at radius 2 is 2.19 bits per heavy atom. The van der Waals surface area contributed by atoms with E-state index >= 15 is 0 Å². The molecule has 86 valence electrons. The van der Waals surface area contributed by atoms with Crippen molar-refractivity contribution in [1.29, 1.82) is 0 Å². The minimum absolute atomic E-state index is 0.0767. The Labute approximate surface area is 107 Å². The Kier molecular flexibility index (Phi) is 3.30. The molecule has 0 aromatic carbocycles. The highest BCUT2D eigenvalue weighted by Crippen LogP contribution is 2.29. The Bertz CT molecular complexity index is 428. The molecule has 0 N–H and O–H groups in total. The van der Waals surface area contributed by atoms with Crippen LogP contribution in [0.2, 0.25) is 5.15 Å². The number of hydrogen-bond acceptors (Lipinski definition) is 4. The fourth-order valence-electron chi connectivity index (χ4n) is 1.50. The maximum absolute atomic E-state index is 11.6. The zero-order chi connectivity index (χ0) is 11.7. The molecular formula is C9H10BrClN4O.